The second-order valence-electron chi connectivity index (χ2n) is 3.78. The standard InChI is InChI=1S/C13H16N2O2S/c1-3-17-13(16)10-5-4-6-11(12(10)15)18-8-9(2)7-14/h4-6,9H,3,8,15H2,1-2H3. The molecule has 0 aliphatic rings. The van der Waals surface area contributed by atoms with Crippen molar-refractivity contribution in [3.05, 3.63) is 23.8 Å². The van der Waals surface area contributed by atoms with Crippen LogP contribution in [-0.2, 0) is 4.74 Å². The van der Waals surface area contributed by atoms with Crippen LogP contribution in [0.5, 0.6) is 0 Å². The maximum atomic E-state index is 11.6. The van der Waals surface area contributed by atoms with Crippen molar-refractivity contribution in [2.24, 2.45) is 5.92 Å². The second-order valence-corrected chi connectivity index (χ2v) is 4.84. The van der Waals surface area contributed by atoms with Gasteiger partial charge in [-0.05, 0) is 26.0 Å². The van der Waals surface area contributed by atoms with Gasteiger partial charge >= 0.3 is 5.97 Å². The summed E-state index contributed by atoms with van der Waals surface area (Å²) in [7, 11) is 0. The van der Waals surface area contributed by atoms with Crippen molar-refractivity contribution in [3.8, 4) is 6.07 Å². The van der Waals surface area contributed by atoms with E-state index in [0.717, 1.165) is 4.90 Å². The molecule has 0 saturated heterocycles. The van der Waals surface area contributed by atoms with Gasteiger partial charge in [0.1, 0.15) is 0 Å². The maximum absolute atomic E-state index is 11.6. The van der Waals surface area contributed by atoms with Crippen molar-refractivity contribution in [1.82, 2.24) is 0 Å². The van der Waals surface area contributed by atoms with Gasteiger partial charge in [-0.15, -0.1) is 11.8 Å². The average Bonchev–Trinajstić information content (AvgIpc) is 2.37. The van der Waals surface area contributed by atoms with Crippen LogP contribution in [0.3, 0.4) is 0 Å². The van der Waals surface area contributed by atoms with Crippen LogP contribution < -0.4 is 5.73 Å². The normalized spacial score (nSPS) is 11.6. The Hall–Kier alpha value is -1.67. The highest BCUT2D eigenvalue weighted by Crippen LogP contribution is 2.29. The summed E-state index contributed by atoms with van der Waals surface area (Å²) in [5, 5.41) is 8.73. The van der Waals surface area contributed by atoms with Gasteiger partial charge in [0.25, 0.3) is 0 Å². The number of anilines is 1. The number of thioether (sulfide) groups is 1. The van der Waals surface area contributed by atoms with Crippen molar-refractivity contribution in [1.29, 1.82) is 5.26 Å². The molecule has 0 spiro atoms. The lowest BCUT2D eigenvalue weighted by molar-refractivity contribution is 0.0527. The molecule has 1 unspecified atom stereocenters. The van der Waals surface area contributed by atoms with Crippen LogP contribution in [0.2, 0.25) is 0 Å². The number of nitrogens with zero attached hydrogens (tertiary/aromatic N) is 1. The topological polar surface area (TPSA) is 76.1 Å². The van der Waals surface area contributed by atoms with E-state index >= 15 is 0 Å². The monoisotopic (exact) mass is 264 g/mol. The maximum Gasteiger partial charge on any atom is 0.340 e. The third-order valence-electron chi connectivity index (χ3n) is 2.27. The third-order valence-corrected chi connectivity index (χ3v) is 3.60. The first-order chi connectivity index (χ1) is 8.60. The van der Waals surface area contributed by atoms with E-state index in [2.05, 4.69) is 6.07 Å². The van der Waals surface area contributed by atoms with E-state index in [1.54, 1.807) is 19.1 Å². The predicted molar refractivity (Wildman–Crippen MR) is 72.3 cm³/mol. The van der Waals surface area contributed by atoms with Crippen LogP contribution in [0.15, 0.2) is 23.1 Å². The number of ether oxygens (including phenoxy) is 1. The van der Waals surface area contributed by atoms with E-state index in [0.29, 0.717) is 23.6 Å². The summed E-state index contributed by atoms with van der Waals surface area (Å²) in [5.41, 5.74) is 6.74. The minimum Gasteiger partial charge on any atom is -0.462 e. The van der Waals surface area contributed by atoms with E-state index in [4.69, 9.17) is 15.7 Å². The van der Waals surface area contributed by atoms with Crippen LogP contribution in [0, 0.1) is 17.2 Å². The molecular formula is C13H16N2O2S. The molecule has 0 saturated carbocycles. The highest BCUT2D eigenvalue weighted by Gasteiger charge is 2.14. The van der Waals surface area contributed by atoms with Gasteiger partial charge in [0.05, 0.1) is 29.8 Å². The largest absolute Gasteiger partial charge is 0.462 e. The fraction of sp³-hybridized carbons (Fsp3) is 0.385. The number of para-hydroxylation sites is 1. The SMILES string of the molecule is CCOC(=O)c1cccc(SCC(C)C#N)c1N. The lowest BCUT2D eigenvalue weighted by atomic mass is 10.2. The predicted octanol–water partition coefficient (Wildman–Crippen LogP) is 2.70. The molecule has 0 heterocycles. The smallest absolute Gasteiger partial charge is 0.340 e. The van der Waals surface area contributed by atoms with Crippen LogP contribution in [0.1, 0.15) is 24.2 Å². The molecule has 0 bridgehead atoms. The van der Waals surface area contributed by atoms with E-state index in [1.165, 1.54) is 11.8 Å². The minimum atomic E-state index is -0.411. The van der Waals surface area contributed by atoms with Gasteiger partial charge < -0.3 is 10.5 Å². The van der Waals surface area contributed by atoms with E-state index < -0.39 is 5.97 Å². The number of carbonyl (C=O) groups is 1. The summed E-state index contributed by atoms with van der Waals surface area (Å²) >= 11 is 1.47. The second kappa shape index (κ2) is 6.92. The molecular weight excluding hydrogens is 248 g/mol. The number of esters is 1. The quantitative estimate of drug-likeness (QED) is 0.502. The zero-order valence-electron chi connectivity index (χ0n) is 10.5. The third kappa shape index (κ3) is 3.67. The Morgan fingerprint density at radius 2 is 2.33 bits per heavy atom. The van der Waals surface area contributed by atoms with Gasteiger partial charge in [0, 0.05) is 10.6 Å². The van der Waals surface area contributed by atoms with Gasteiger partial charge in [-0.25, -0.2) is 4.79 Å². The van der Waals surface area contributed by atoms with Gasteiger partial charge in [-0.2, -0.15) is 5.26 Å². The molecule has 0 amide bonds. The number of hydrogen-bond acceptors (Lipinski definition) is 5. The van der Waals surface area contributed by atoms with Crippen molar-refractivity contribution < 1.29 is 9.53 Å². The lowest BCUT2D eigenvalue weighted by Gasteiger charge is -2.10. The van der Waals surface area contributed by atoms with E-state index in [-0.39, 0.29) is 5.92 Å². The molecule has 0 aliphatic carbocycles. The van der Waals surface area contributed by atoms with Crippen LogP contribution in [-0.4, -0.2) is 18.3 Å². The minimum absolute atomic E-state index is 0.0550. The Labute approximate surface area is 111 Å². The molecule has 0 radical (unpaired) electrons. The highest BCUT2D eigenvalue weighted by atomic mass is 32.2. The van der Waals surface area contributed by atoms with Gasteiger partial charge in [-0.3, -0.25) is 0 Å². The summed E-state index contributed by atoms with van der Waals surface area (Å²) in [5.74, 6) is 0.180. The molecule has 5 heteroatoms. The molecule has 0 aliphatic heterocycles. The van der Waals surface area contributed by atoms with Crippen molar-refractivity contribution in [3.63, 3.8) is 0 Å². The number of nitrogens with two attached hydrogens (primary N) is 1. The fourth-order valence-electron chi connectivity index (χ4n) is 1.31. The first-order valence-corrected chi connectivity index (χ1v) is 6.66. The molecule has 96 valence electrons. The number of rotatable bonds is 5. The Kier molecular flexibility index (Phi) is 5.53. The molecule has 0 fully saturated rings. The van der Waals surface area contributed by atoms with Gasteiger partial charge in [0.2, 0.25) is 0 Å². The van der Waals surface area contributed by atoms with Gasteiger partial charge in [-0.1, -0.05) is 6.07 Å². The van der Waals surface area contributed by atoms with E-state index in [1.807, 2.05) is 13.0 Å². The number of hydrogen-bond donors (Lipinski definition) is 1. The van der Waals surface area contributed by atoms with Gasteiger partial charge in [0.15, 0.2) is 0 Å². The lowest BCUT2D eigenvalue weighted by Crippen LogP contribution is -2.08. The van der Waals surface area contributed by atoms with E-state index in [9.17, 15) is 4.79 Å². The molecule has 1 atom stereocenters. The average molecular weight is 264 g/mol. The molecule has 2 N–H and O–H groups in total. The van der Waals surface area contributed by atoms with Crippen molar-refractivity contribution >= 4 is 23.4 Å². The first-order valence-electron chi connectivity index (χ1n) is 5.68. The van der Waals surface area contributed by atoms with Crippen LogP contribution in [0.4, 0.5) is 5.69 Å². The Morgan fingerprint density at radius 1 is 1.61 bits per heavy atom. The Morgan fingerprint density at radius 3 is 2.94 bits per heavy atom. The Bertz CT molecular complexity index is 469. The zero-order valence-corrected chi connectivity index (χ0v) is 11.3. The zero-order chi connectivity index (χ0) is 13.5. The van der Waals surface area contributed by atoms with Crippen molar-refractivity contribution in [2.75, 3.05) is 18.1 Å². The molecule has 0 aromatic heterocycles. The summed E-state index contributed by atoms with van der Waals surface area (Å²) in [6.07, 6.45) is 0. The Balaban J connectivity index is 2.85. The highest BCUT2D eigenvalue weighted by molar-refractivity contribution is 7.99. The molecule has 1 aromatic rings. The first kappa shape index (κ1) is 14.4. The fourth-order valence-corrected chi connectivity index (χ4v) is 2.25. The number of benzene rings is 1. The molecule has 18 heavy (non-hydrogen) atoms. The number of carbonyl (C=O) groups excluding carboxylic acids is 1. The summed E-state index contributed by atoms with van der Waals surface area (Å²) in [4.78, 5) is 12.5. The van der Waals surface area contributed by atoms with Crippen LogP contribution >= 0.6 is 11.8 Å². The summed E-state index contributed by atoms with van der Waals surface area (Å²) in [6.45, 7) is 3.92. The number of nitriles is 1. The van der Waals surface area contributed by atoms with Crippen LogP contribution in [0.25, 0.3) is 0 Å². The molecule has 1 aromatic carbocycles. The molecule has 1 rings (SSSR count). The summed E-state index contributed by atoms with van der Waals surface area (Å²) < 4.78 is 4.93. The van der Waals surface area contributed by atoms with Crippen molar-refractivity contribution in [2.45, 2.75) is 18.7 Å². The molecule has 4 nitrogen and oxygen atoms in total. The summed E-state index contributed by atoms with van der Waals surface area (Å²) in [6, 6.07) is 7.41. The number of nitrogen functional groups attached to an aromatic ring is 1.